The molecule has 1 aliphatic heterocycles. The Morgan fingerprint density at radius 3 is 2.40 bits per heavy atom. The largest absolute Gasteiger partial charge is 0.478 e. The number of aromatic carboxylic acids is 1. The predicted molar refractivity (Wildman–Crippen MR) is 62.9 cm³/mol. The van der Waals surface area contributed by atoms with Gasteiger partial charge in [0.15, 0.2) is 0 Å². The summed E-state index contributed by atoms with van der Waals surface area (Å²) >= 11 is 1.94. The zero-order chi connectivity index (χ0) is 10.8. The molecule has 80 valence electrons. The van der Waals surface area contributed by atoms with Crippen LogP contribution in [0.15, 0.2) is 24.3 Å². The van der Waals surface area contributed by atoms with E-state index in [-0.39, 0.29) is 0 Å². The van der Waals surface area contributed by atoms with E-state index in [1.807, 2.05) is 23.9 Å². The number of rotatable bonds is 3. The fourth-order valence-corrected chi connectivity index (χ4v) is 2.39. The van der Waals surface area contributed by atoms with Gasteiger partial charge in [0.05, 0.1) is 5.56 Å². The summed E-state index contributed by atoms with van der Waals surface area (Å²) < 4.78 is 0. The molecule has 2 rings (SSSR count). The van der Waals surface area contributed by atoms with E-state index < -0.39 is 5.97 Å². The van der Waals surface area contributed by atoms with Crippen molar-refractivity contribution >= 4 is 23.4 Å². The first kappa shape index (κ1) is 10.4. The van der Waals surface area contributed by atoms with Gasteiger partial charge in [-0.1, -0.05) is 0 Å². The van der Waals surface area contributed by atoms with Crippen LogP contribution in [0, 0.1) is 0 Å². The average molecular weight is 223 g/mol. The van der Waals surface area contributed by atoms with E-state index in [1.165, 1.54) is 0 Å². The highest BCUT2D eigenvalue weighted by molar-refractivity contribution is 8.00. The highest BCUT2D eigenvalue weighted by Crippen LogP contribution is 2.26. The number of hydrogen-bond donors (Lipinski definition) is 1. The summed E-state index contributed by atoms with van der Waals surface area (Å²) in [6.45, 7) is 0. The number of carboxylic acid groups (broad SMARTS) is 1. The van der Waals surface area contributed by atoms with E-state index in [9.17, 15) is 4.79 Å². The number of nitrogens with zero attached hydrogens (tertiary/aromatic N) is 1. The molecule has 0 aliphatic carbocycles. The Labute approximate surface area is 93.1 Å². The van der Waals surface area contributed by atoms with Crippen LogP contribution in [0.1, 0.15) is 10.4 Å². The molecule has 1 heterocycles. The van der Waals surface area contributed by atoms with Crippen molar-refractivity contribution in [3.8, 4) is 0 Å². The summed E-state index contributed by atoms with van der Waals surface area (Å²) in [5.41, 5.74) is 1.43. The topological polar surface area (TPSA) is 40.5 Å². The number of carboxylic acids is 1. The van der Waals surface area contributed by atoms with Crippen molar-refractivity contribution in [2.75, 3.05) is 23.5 Å². The van der Waals surface area contributed by atoms with Crippen molar-refractivity contribution in [1.29, 1.82) is 0 Å². The third-order valence-electron chi connectivity index (χ3n) is 2.69. The highest BCUT2D eigenvalue weighted by Gasteiger charge is 2.22. The Bertz CT molecular complexity index is 359. The predicted octanol–water partition coefficient (Wildman–Crippen LogP) is 1.94. The van der Waals surface area contributed by atoms with Crippen LogP contribution in [-0.4, -0.2) is 35.7 Å². The maximum atomic E-state index is 10.7. The summed E-state index contributed by atoms with van der Waals surface area (Å²) in [5, 5.41) is 8.76. The normalized spacial score (nSPS) is 15.8. The van der Waals surface area contributed by atoms with E-state index >= 15 is 0 Å². The molecule has 0 amide bonds. The third-order valence-corrected chi connectivity index (χ3v) is 3.93. The first-order chi connectivity index (χ1) is 7.18. The van der Waals surface area contributed by atoms with Crippen molar-refractivity contribution in [3.63, 3.8) is 0 Å². The van der Waals surface area contributed by atoms with E-state index in [0.29, 0.717) is 11.6 Å². The Morgan fingerprint density at radius 1 is 1.40 bits per heavy atom. The van der Waals surface area contributed by atoms with Crippen LogP contribution >= 0.6 is 11.8 Å². The molecule has 0 atom stereocenters. The summed E-state index contributed by atoms with van der Waals surface area (Å²) in [6, 6.07) is 7.64. The molecule has 0 radical (unpaired) electrons. The molecule has 1 saturated heterocycles. The second kappa shape index (κ2) is 4.14. The van der Waals surface area contributed by atoms with E-state index in [0.717, 1.165) is 17.2 Å². The Hall–Kier alpha value is -1.16. The zero-order valence-electron chi connectivity index (χ0n) is 8.51. The van der Waals surface area contributed by atoms with Crippen molar-refractivity contribution in [3.05, 3.63) is 29.8 Å². The maximum absolute atomic E-state index is 10.7. The number of hydrogen-bond acceptors (Lipinski definition) is 3. The Kier molecular flexibility index (Phi) is 2.86. The van der Waals surface area contributed by atoms with E-state index in [2.05, 4.69) is 11.9 Å². The second-order valence-corrected chi connectivity index (χ2v) is 4.73. The molecule has 0 spiro atoms. The lowest BCUT2D eigenvalue weighted by atomic mass is 10.2. The number of thioether (sulfide) groups is 1. The summed E-state index contributed by atoms with van der Waals surface area (Å²) in [6.07, 6.45) is 0. The first-order valence-electron chi connectivity index (χ1n) is 4.82. The van der Waals surface area contributed by atoms with Crippen molar-refractivity contribution in [1.82, 2.24) is 0 Å². The second-order valence-electron chi connectivity index (χ2n) is 3.65. The fraction of sp³-hybridized carbons (Fsp3) is 0.364. The molecular formula is C11H13NO2S. The van der Waals surface area contributed by atoms with Crippen LogP contribution < -0.4 is 4.90 Å². The van der Waals surface area contributed by atoms with Crippen molar-refractivity contribution < 1.29 is 9.90 Å². The molecule has 0 aromatic heterocycles. The summed E-state index contributed by atoms with van der Waals surface area (Å²) in [5.74, 6) is 1.46. The lowest BCUT2D eigenvalue weighted by Gasteiger charge is -2.35. The zero-order valence-corrected chi connectivity index (χ0v) is 9.33. The van der Waals surface area contributed by atoms with Gasteiger partial charge in [0.2, 0.25) is 0 Å². The molecule has 1 fully saturated rings. The molecule has 0 bridgehead atoms. The van der Waals surface area contributed by atoms with E-state index in [1.54, 1.807) is 12.1 Å². The van der Waals surface area contributed by atoms with Gasteiger partial charge in [-0.15, -0.1) is 0 Å². The lowest BCUT2D eigenvalue weighted by molar-refractivity contribution is 0.0697. The summed E-state index contributed by atoms with van der Waals surface area (Å²) in [4.78, 5) is 12.9. The van der Waals surface area contributed by atoms with Gasteiger partial charge in [-0.3, -0.25) is 0 Å². The SMILES string of the molecule is CN(c1ccc(C(=O)O)cc1)C1CSC1. The number of benzene rings is 1. The fourth-order valence-electron chi connectivity index (χ4n) is 1.50. The van der Waals surface area contributed by atoms with Gasteiger partial charge in [-0.05, 0) is 24.3 Å². The van der Waals surface area contributed by atoms with Crippen molar-refractivity contribution in [2.45, 2.75) is 6.04 Å². The highest BCUT2D eigenvalue weighted by atomic mass is 32.2. The molecule has 0 saturated carbocycles. The van der Waals surface area contributed by atoms with Crippen molar-refractivity contribution in [2.24, 2.45) is 0 Å². The van der Waals surface area contributed by atoms with Gasteiger partial charge in [0.25, 0.3) is 0 Å². The van der Waals surface area contributed by atoms with Crippen LogP contribution in [-0.2, 0) is 0 Å². The lowest BCUT2D eigenvalue weighted by Crippen LogP contribution is -2.41. The quantitative estimate of drug-likeness (QED) is 0.850. The first-order valence-corrected chi connectivity index (χ1v) is 5.98. The Balaban J connectivity index is 2.11. The molecule has 0 unspecified atom stereocenters. The molecule has 1 aromatic rings. The van der Waals surface area contributed by atoms with Gasteiger partial charge in [-0.2, -0.15) is 11.8 Å². The molecule has 1 N–H and O–H groups in total. The van der Waals surface area contributed by atoms with Crippen LogP contribution in [0.5, 0.6) is 0 Å². The van der Waals surface area contributed by atoms with Crippen LogP contribution in [0.4, 0.5) is 5.69 Å². The molecule has 3 nitrogen and oxygen atoms in total. The van der Waals surface area contributed by atoms with Crippen LogP contribution in [0.2, 0.25) is 0 Å². The molecular weight excluding hydrogens is 210 g/mol. The standard InChI is InChI=1S/C11H13NO2S/c1-12(10-6-15-7-10)9-4-2-8(3-5-9)11(13)14/h2-5,10H,6-7H2,1H3,(H,13,14). The third kappa shape index (κ3) is 2.09. The van der Waals surface area contributed by atoms with Gasteiger partial charge < -0.3 is 10.0 Å². The van der Waals surface area contributed by atoms with Gasteiger partial charge >= 0.3 is 5.97 Å². The number of carbonyl (C=O) groups is 1. The van der Waals surface area contributed by atoms with Crippen LogP contribution in [0.3, 0.4) is 0 Å². The maximum Gasteiger partial charge on any atom is 0.335 e. The Morgan fingerprint density at radius 2 is 2.00 bits per heavy atom. The van der Waals surface area contributed by atoms with Gasteiger partial charge in [0, 0.05) is 30.3 Å². The van der Waals surface area contributed by atoms with Gasteiger partial charge in [-0.25, -0.2) is 4.79 Å². The van der Waals surface area contributed by atoms with Crippen LogP contribution in [0.25, 0.3) is 0 Å². The molecule has 4 heteroatoms. The average Bonchev–Trinajstić information content (AvgIpc) is 2.15. The monoisotopic (exact) mass is 223 g/mol. The molecule has 15 heavy (non-hydrogen) atoms. The molecule has 1 aromatic carbocycles. The molecule has 1 aliphatic rings. The minimum atomic E-state index is -0.872. The van der Waals surface area contributed by atoms with Gasteiger partial charge in [0.1, 0.15) is 0 Å². The number of anilines is 1. The van der Waals surface area contributed by atoms with E-state index in [4.69, 9.17) is 5.11 Å². The summed E-state index contributed by atoms with van der Waals surface area (Å²) in [7, 11) is 2.06. The minimum Gasteiger partial charge on any atom is -0.478 e. The minimum absolute atomic E-state index is 0.343. The smallest absolute Gasteiger partial charge is 0.335 e.